The van der Waals surface area contributed by atoms with E-state index in [1.165, 1.54) is 48.3 Å². The molecule has 2 aromatic carbocycles. The van der Waals surface area contributed by atoms with E-state index < -0.39 is 0 Å². The highest BCUT2D eigenvalue weighted by atomic mass is 15.2. The fourth-order valence-electron chi connectivity index (χ4n) is 4.44. The number of anilines is 2. The topological polar surface area (TPSA) is 27.3 Å². The Morgan fingerprint density at radius 3 is 2.61 bits per heavy atom. The van der Waals surface area contributed by atoms with Gasteiger partial charge in [0.05, 0.1) is 6.17 Å². The van der Waals surface area contributed by atoms with Gasteiger partial charge in [0.2, 0.25) is 0 Å². The number of nitrogens with zero attached hydrogens (tertiary/aromatic N) is 1. The minimum Gasteiger partial charge on any atom is -0.369 e. The summed E-state index contributed by atoms with van der Waals surface area (Å²) in [7, 11) is 0. The van der Waals surface area contributed by atoms with Gasteiger partial charge >= 0.3 is 0 Å². The molecular weight excluding hydrogens is 282 g/mol. The molecule has 5 rings (SSSR count). The summed E-state index contributed by atoms with van der Waals surface area (Å²) in [5.74, 6) is 0.737. The number of hydrogen-bond acceptors (Lipinski definition) is 3. The Morgan fingerprint density at radius 1 is 0.913 bits per heavy atom. The Labute approximate surface area is 137 Å². The van der Waals surface area contributed by atoms with Crippen LogP contribution in [0.2, 0.25) is 0 Å². The van der Waals surface area contributed by atoms with Crippen LogP contribution in [0.1, 0.15) is 24.0 Å². The van der Waals surface area contributed by atoms with Gasteiger partial charge in [0.25, 0.3) is 0 Å². The lowest BCUT2D eigenvalue weighted by Crippen LogP contribution is -2.55. The predicted octanol–water partition coefficient (Wildman–Crippen LogP) is 3.37. The molecule has 1 atom stereocenters. The average molecular weight is 305 g/mol. The highest BCUT2D eigenvalue weighted by Gasteiger charge is 2.40. The Bertz CT molecular complexity index is 720. The maximum atomic E-state index is 3.70. The molecule has 1 aliphatic carbocycles. The van der Waals surface area contributed by atoms with Gasteiger partial charge in [-0.25, -0.2) is 0 Å². The molecule has 118 valence electrons. The van der Waals surface area contributed by atoms with Crippen molar-refractivity contribution < 1.29 is 0 Å². The number of para-hydroxylation sites is 2. The van der Waals surface area contributed by atoms with Gasteiger partial charge in [0, 0.05) is 30.5 Å². The first-order valence-corrected chi connectivity index (χ1v) is 8.81. The van der Waals surface area contributed by atoms with E-state index >= 15 is 0 Å². The number of nitrogens with one attached hydrogen (secondary N) is 2. The second-order valence-electron chi connectivity index (χ2n) is 7.12. The van der Waals surface area contributed by atoms with Gasteiger partial charge in [-0.1, -0.05) is 36.4 Å². The molecule has 0 radical (unpaired) electrons. The van der Waals surface area contributed by atoms with Gasteiger partial charge in [-0.05, 0) is 48.4 Å². The molecule has 23 heavy (non-hydrogen) atoms. The van der Waals surface area contributed by atoms with Gasteiger partial charge in [0.15, 0.2) is 0 Å². The Hall–Kier alpha value is -2.00. The molecule has 1 unspecified atom stereocenters. The molecule has 0 saturated heterocycles. The van der Waals surface area contributed by atoms with Gasteiger partial charge in [-0.3, -0.25) is 5.32 Å². The summed E-state index contributed by atoms with van der Waals surface area (Å²) in [4.78, 5) is 2.64. The van der Waals surface area contributed by atoms with E-state index in [9.17, 15) is 0 Å². The van der Waals surface area contributed by atoms with Gasteiger partial charge < -0.3 is 10.2 Å². The number of rotatable bonds is 2. The van der Waals surface area contributed by atoms with E-state index in [4.69, 9.17) is 0 Å². The van der Waals surface area contributed by atoms with Gasteiger partial charge in [-0.15, -0.1) is 0 Å². The molecule has 2 heterocycles. The third kappa shape index (κ3) is 2.22. The molecule has 0 spiro atoms. The van der Waals surface area contributed by atoms with Crippen LogP contribution >= 0.6 is 0 Å². The van der Waals surface area contributed by atoms with Crippen molar-refractivity contribution in [3.63, 3.8) is 0 Å². The lowest BCUT2D eigenvalue weighted by Gasteiger charge is -2.47. The summed E-state index contributed by atoms with van der Waals surface area (Å²) < 4.78 is 0. The van der Waals surface area contributed by atoms with Crippen LogP contribution in [-0.4, -0.2) is 18.8 Å². The molecule has 3 nitrogen and oxygen atoms in total. The molecule has 1 saturated carbocycles. The molecule has 3 heteroatoms. The molecule has 1 fully saturated rings. The van der Waals surface area contributed by atoms with E-state index in [0.29, 0.717) is 6.17 Å². The van der Waals surface area contributed by atoms with E-state index in [-0.39, 0.29) is 0 Å². The van der Waals surface area contributed by atoms with Crippen molar-refractivity contribution >= 4 is 11.4 Å². The standard InChI is InChI=1S/C20H23N3/c1-3-7-18-15(6-1)13-21-20(22-18)16-11-17(12-16)23-10-9-14-5-2-4-8-19(14)23/h1-8,16-17,20-22H,9-13H2. The summed E-state index contributed by atoms with van der Waals surface area (Å²) in [5, 5.41) is 7.38. The minimum absolute atomic E-state index is 0.430. The Morgan fingerprint density at radius 2 is 1.70 bits per heavy atom. The first-order chi connectivity index (χ1) is 11.4. The first kappa shape index (κ1) is 13.4. The average Bonchev–Trinajstić information content (AvgIpc) is 2.98. The van der Waals surface area contributed by atoms with Crippen LogP contribution in [0.4, 0.5) is 11.4 Å². The SMILES string of the molecule is c1ccc2c(c1)CNC(C1CC(N3CCc4ccccc43)C1)N2. The van der Waals surface area contributed by atoms with Crippen LogP contribution in [0.5, 0.6) is 0 Å². The lowest BCUT2D eigenvalue weighted by atomic mass is 9.76. The second kappa shape index (κ2) is 5.27. The Balaban J connectivity index is 1.25. The molecular formula is C20H23N3. The maximum absolute atomic E-state index is 3.70. The van der Waals surface area contributed by atoms with Crippen molar-refractivity contribution in [2.24, 2.45) is 5.92 Å². The van der Waals surface area contributed by atoms with Crippen molar-refractivity contribution in [2.45, 2.75) is 38.0 Å². The van der Waals surface area contributed by atoms with E-state index in [2.05, 4.69) is 64.1 Å². The van der Waals surface area contributed by atoms with Crippen LogP contribution in [0.3, 0.4) is 0 Å². The quantitative estimate of drug-likeness (QED) is 0.891. The van der Waals surface area contributed by atoms with Crippen molar-refractivity contribution in [1.82, 2.24) is 5.32 Å². The molecule has 2 aliphatic heterocycles. The van der Waals surface area contributed by atoms with Crippen molar-refractivity contribution in [2.75, 3.05) is 16.8 Å². The number of fused-ring (bicyclic) bond motifs is 2. The summed E-state index contributed by atoms with van der Waals surface area (Å²) in [5.41, 5.74) is 5.70. The highest BCUT2D eigenvalue weighted by Crippen LogP contribution is 2.41. The van der Waals surface area contributed by atoms with Crippen molar-refractivity contribution in [3.8, 4) is 0 Å². The largest absolute Gasteiger partial charge is 0.369 e. The van der Waals surface area contributed by atoms with Crippen molar-refractivity contribution in [3.05, 3.63) is 59.7 Å². The zero-order valence-electron chi connectivity index (χ0n) is 13.3. The molecule has 0 amide bonds. The predicted molar refractivity (Wildman–Crippen MR) is 94.7 cm³/mol. The van der Waals surface area contributed by atoms with E-state index in [1.807, 2.05) is 0 Å². The summed E-state index contributed by atoms with van der Waals surface area (Å²) >= 11 is 0. The van der Waals surface area contributed by atoms with Crippen LogP contribution in [0.15, 0.2) is 48.5 Å². The fraction of sp³-hybridized carbons (Fsp3) is 0.400. The zero-order valence-corrected chi connectivity index (χ0v) is 13.3. The lowest BCUT2D eigenvalue weighted by molar-refractivity contribution is 0.200. The summed E-state index contributed by atoms with van der Waals surface area (Å²) in [6.45, 7) is 2.19. The van der Waals surface area contributed by atoms with Crippen LogP contribution < -0.4 is 15.5 Å². The van der Waals surface area contributed by atoms with Gasteiger partial charge in [-0.2, -0.15) is 0 Å². The molecule has 0 bridgehead atoms. The third-order valence-corrected chi connectivity index (χ3v) is 5.83. The normalized spacial score (nSPS) is 28.5. The maximum Gasteiger partial charge on any atom is 0.0801 e. The van der Waals surface area contributed by atoms with Crippen molar-refractivity contribution in [1.29, 1.82) is 0 Å². The minimum atomic E-state index is 0.430. The monoisotopic (exact) mass is 305 g/mol. The smallest absolute Gasteiger partial charge is 0.0801 e. The summed E-state index contributed by atoms with van der Waals surface area (Å²) in [6, 6.07) is 18.3. The zero-order chi connectivity index (χ0) is 15.2. The molecule has 0 aromatic heterocycles. The van der Waals surface area contributed by atoms with Crippen LogP contribution in [0, 0.1) is 5.92 Å². The number of benzene rings is 2. The number of hydrogen-bond donors (Lipinski definition) is 2. The third-order valence-electron chi connectivity index (χ3n) is 5.83. The highest BCUT2D eigenvalue weighted by molar-refractivity contribution is 5.59. The van der Waals surface area contributed by atoms with Crippen LogP contribution in [-0.2, 0) is 13.0 Å². The fourth-order valence-corrected chi connectivity index (χ4v) is 4.44. The van der Waals surface area contributed by atoms with E-state index in [0.717, 1.165) is 18.5 Å². The Kier molecular flexibility index (Phi) is 3.08. The second-order valence-corrected chi connectivity index (χ2v) is 7.12. The molecule has 2 N–H and O–H groups in total. The molecule has 2 aromatic rings. The van der Waals surface area contributed by atoms with Gasteiger partial charge in [0.1, 0.15) is 0 Å². The van der Waals surface area contributed by atoms with E-state index in [1.54, 1.807) is 0 Å². The van der Waals surface area contributed by atoms with Crippen LogP contribution in [0.25, 0.3) is 0 Å². The summed E-state index contributed by atoms with van der Waals surface area (Å²) in [6.07, 6.45) is 4.23. The molecule has 3 aliphatic rings. The first-order valence-electron chi connectivity index (χ1n) is 8.81.